The maximum absolute atomic E-state index is 12.9. The van der Waals surface area contributed by atoms with E-state index in [1.807, 2.05) is 0 Å². The number of imide groups is 1. The molecular formula is C18H21FN4O5S. The van der Waals surface area contributed by atoms with Crippen molar-refractivity contribution in [2.24, 2.45) is 0 Å². The van der Waals surface area contributed by atoms with Crippen LogP contribution in [0.4, 0.5) is 9.18 Å². The first-order valence-corrected chi connectivity index (χ1v) is 10.3. The number of nitrogens with one attached hydrogen (secondary N) is 3. The van der Waals surface area contributed by atoms with Crippen molar-refractivity contribution in [2.75, 3.05) is 13.2 Å². The molecule has 0 aliphatic carbocycles. The fraction of sp³-hybridized carbons (Fsp3) is 0.333. The van der Waals surface area contributed by atoms with Gasteiger partial charge in [0.15, 0.2) is 0 Å². The molecule has 0 bridgehead atoms. The summed E-state index contributed by atoms with van der Waals surface area (Å²) in [5, 5.41) is 2.19. The number of halogens is 1. The van der Waals surface area contributed by atoms with Crippen LogP contribution >= 0.6 is 0 Å². The minimum atomic E-state index is -3.81. The zero-order valence-corrected chi connectivity index (χ0v) is 16.5. The van der Waals surface area contributed by atoms with Crippen molar-refractivity contribution in [3.05, 3.63) is 47.8 Å². The van der Waals surface area contributed by atoms with E-state index in [2.05, 4.69) is 15.0 Å². The molecule has 1 aliphatic rings. The van der Waals surface area contributed by atoms with Gasteiger partial charge in [0.1, 0.15) is 25.1 Å². The molecule has 1 aromatic heterocycles. The largest absolute Gasteiger partial charge is 0.491 e. The van der Waals surface area contributed by atoms with E-state index < -0.39 is 22.2 Å². The quantitative estimate of drug-likeness (QED) is 0.524. The standard InChI is InChI=1S/C18H21FN4O5S/c1-12(19)11-28-15-3-2-4-16(6-15)29(26,27)21-8-13-5-14(20-7-13)9-23-10-17(24)22-18(23)25/h2-7,12,20-21H,8-11H2,1H3,(H,22,24,25). The van der Waals surface area contributed by atoms with E-state index in [0.717, 1.165) is 0 Å². The first-order valence-electron chi connectivity index (χ1n) is 8.84. The summed E-state index contributed by atoms with van der Waals surface area (Å²) in [6.07, 6.45) is 0.455. The minimum Gasteiger partial charge on any atom is -0.491 e. The highest BCUT2D eigenvalue weighted by Crippen LogP contribution is 2.18. The van der Waals surface area contributed by atoms with Crippen molar-refractivity contribution in [1.82, 2.24) is 19.9 Å². The summed E-state index contributed by atoms with van der Waals surface area (Å²) in [5.74, 6) is -0.0959. The number of hydrogen-bond donors (Lipinski definition) is 3. The Balaban J connectivity index is 1.59. The van der Waals surface area contributed by atoms with Gasteiger partial charge in [0.25, 0.3) is 0 Å². The van der Waals surface area contributed by atoms with E-state index in [0.29, 0.717) is 11.3 Å². The molecule has 1 saturated heterocycles. The van der Waals surface area contributed by atoms with Crippen molar-refractivity contribution >= 4 is 22.0 Å². The molecule has 1 atom stereocenters. The second-order valence-corrected chi connectivity index (χ2v) is 8.40. The molecule has 3 amide bonds. The van der Waals surface area contributed by atoms with Crippen LogP contribution in [0.15, 0.2) is 41.4 Å². The van der Waals surface area contributed by atoms with Crippen molar-refractivity contribution in [3.63, 3.8) is 0 Å². The summed E-state index contributed by atoms with van der Waals surface area (Å²) < 4.78 is 45.6. The molecule has 2 aromatic rings. The number of urea groups is 1. The lowest BCUT2D eigenvalue weighted by Gasteiger charge is -2.11. The van der Waals surface area contributed by atoms with E-state index in [-0.39, 0.29) is 42.8 Å². The molecule has 29 heavy (non-hydrogen) atoms. The van der Waals surface area contributed by atoms with Gasteiger partial charge in [-0.05, 0) is 30.7 Å². The third-order valence-corrected chi connectivity index (χ3v) is 5.49. The number of hydrogen-bond acceptors (Lipinski definition) is 5. The predicted molar refractivity (Wildman–Crippen MR) is 101 cm³/mol. The SMILES string of the molecule is CC(F)COc1cccc(S(=O)(=O)NCc2c[nH]c(CN3CC(=O)NC3=O)c2)c1. The van der Waals surface area contributed by atoms with E-state index in [9.17, 15) is 22.4 Å². The van der Waals surface area contributed by atoms with Crippen LogP contribution in [0.25, 0.3) is 0 Å². The number of amides is 3. The molecule has 1 aromatic carbocycles. The molecule has 156 valence electrons. The van der Waals surface area contributed by atoms with Crippen molar-refractivity contribution in [1.29, 1.82) is 0 Å². The number of rotatable bonds is 9. The average Bonchev–Trinajstić information content (AvgIpc) is 3.24. The van der Waals surface area contributed by atoms with Gasteiger partial charge in [-0.2, -0.15) is 0 Å². The van der Waals surface area contributed by atoms with Gasteiger partial charge in [0, 0.05) is 24.5 Å². The van der Waals surface area contributed by atoms with Gasteiger partial charge in [0.05, 0.1) is 11.4 Å². The maximum Gasteiger partial charge on any atom is 0.324 e. The highest BCUT2D eigenvalue weighted by atomic mass is 32.2. The molecule has 0 saturated carbocycles. The highest BCUT2D eigenvalue weighted by Gasteiger charge is 2.26. The summed E-state index contributed by atoms with van der Waals surface area (Å²) in [5.41, 5.74) is 1.33. The number of benzene rings is 1. The van der Waals surface area contributed by atoms with E-state index in [1.165, 1.54) is 30.0 Å². The molecule has 1 aliphatic heterocycles. The predicted octanol–water partition coefficient (Wildman–Crippen LogP) is 1.28. The summed E-state index contributed by atoms with van der Waals surface area (Å²) in [6, 6.07) is 7.07. The van der Waals surface area contributed by atoms with Crippen LogP contribution in [0.3, 0.4) is 0 Å². The third-order valence-electron chi connectivity index (χ3n) is 4.09. The second kappa shape index (κ2) is 8.62. The normalized spacial score (nSPS) is 15.4. The molecule has 3 rings (SSSR count). The number of alkyl halides is 1. The zero-order chi connectivity index (χ0) is 21.0. The molecule has 11 heteroatoms. The Labute approximate surface area is 167 Å². The number of aromatic amines is 1. The fourth-order valence-corrected chi connectivity index (χ4v) is 3.76. The Morgan fingerprint density at radius 2 is 2.10 bits per heavy atom. The molecule has 2 heterocycles. The van der Waals surface area contributed by atoms with Crippen LogP contribution in [0.1, 0.15) is 18.2 Å². The number of H-pyrrole nitrogens is 1. The van der Waals surface area contributed by atoms with Gasteiger partial charge in [-0.3, -0.25) is 10.1 Å². The molecule has 1 unspecified atom stereocenters. The lowest BCUT2D eigenvalue weighted by Crippen LogP contribution is -2.27. The molecule has 3 N–H and O–H groups in total. The first kappa shape index (κ1) is 20.8. The lowest BCUT2D eigenvalue weighted by atomic mass is 10.3. The van der Waals surface area contributed by atoms with Crippen LogP contribution in [-0.4, -0.2) is 49.6 Å². The number of carbonyl (C=O) groups excluding carboxylic acids is 2. The Bertz CT molecular complexity index is 1010. The summed E-state index contributed by atoms with van der Waals surface area (Å²) >= 11 is 0. The van der Waals surface area contributed by atoms with Crippen LogP contribution < -0.4 is 14.8 Å². The van der Waals surface area contributed by atoms with Gasteiger partial charge < -0.3 is 14.6 Å². The second-order valence-electron chi connectivity index (χ2n) is 6.63. The highest BCUT2D eigenvalue weighted by molar-refractivity contribution is 7.89. The Hall–Kier alpha value is -2.92. The van der Waals surface area contributed by atoms with E-state index in [4.69, 9.17) is 4.74 Å². The lowest BCUT2D eigenvalue weighted by molar-refractivity contribution is -0.118. The molecular weight excluding hydrogens is 403 g/mol. The van der Waals surface area contributed by atoms with Gasteiger partial charge in [0.2, 0.25) is 15.9 Å². The average molecular weight is 424 g/mol. The topological polar surface area (TPSA) is 121 Å². The first-order chi connectivity index (χ1) is 13.7. The van der Waals surface area contributed by atoms with Crippen molar-refractivity contribution < 1.29 is 27.1 Å². The molecule has 0 spiro atoms. The van der Waals surface area contributed by atoms with Gasteiger partial charge in [-0.15, -0.1) is 0 Å². The number of carbonyl (C=O) groups is 2. The Morgan fingerprint density at radius 1 is 1.31 bits per heavy atom. The van der Waals surface area contributed by atoms with Crippen molar-refractivity contribution in [2.45, 2.75) is 31.1 Å². The van der Waals surface area contributed by atoms with E-state index >= 15 is 0 Å². The fourth-order valence-electron chi connectivity index (χ4n) is 2.71. The molecule has 9 nitrogen and oxygen atoms in total. The van der Waals surface area contributed by atoms with E-state index in [1.54, 1.807) is 18.3 Å². The van der Waals surface area contributed by atoms with Crippen LogP contribution in [0, 0.1) is 0 Å². The number of aromatic nitrogens is 1. The maximum atomic E-state index is 12.9. The third kappa shape index (κ3) is 5.55. The van der Waals surface area contributed by atoms with Gasteiger partial charge in [-0.1, -0.05) is 6.07 Å². The molecule has 1 fully saturated rings. The summed E-state index contributed by atoms with van der Waals surface area (Å²) in [7, 11) is -3.81. The summed E-state index contributed by atoms with van der Waals surface area (Å²) in [6.45, 7) is 1.40. The van der Waals surface area contributed by atoms with Crippen molar-refractivity contribution in [3.8, 4) is 5.75 Å². The van der Waals surface area contributed by atoms with Gasteiger partial charge >= 0.3 is 6.03 Å². The van der Waals surface area contributed by atoms with Crippen LogP contribution in [0.2, 0.25) is 0 Å². The van der Waals surface area contributed by atoms with Crippen LogP contribution in [0.5, 0.6) is 5.75 Å². The van der Waals surface area contributed by atoms with Gasteiger partial charge in [-0.25, -0.2) is 22.3 Å². The Kier molecular flexibility index (Phi) is 6.18. The number of sulfonamides is 1. The molecule has 0 radical (unpaired) electrons. The van der Waals surface area contributed by atoms with Crippen LogP contribution in [-0.2, 0) is 27.9 Å². The smallest absolute Gasteiger partial charge is 0.324 e. The minimum absolute atomic E-state index is 0.00419. The number of nitrogens with zero attached hydrogens (tertiary/aromatic N) is 1. The summed E-state index contributed by atoms with van der Waals surface area (Å²) in [4.78, 5) is 27.1. The Morgan fingerprint density at radius 3 is 2.79 bits per heavy atom. The number of ether oxygens (including phenoxy) is 1. The monoisotopic (exact) mass is 424 g/mol. The zero-order valence-electron chi connectivity index (χ0n) is 15.6.